The summed E-state index contributed by atoms with van der Waals surface area (Å²) in [5, 5.41) is 15.5. The molecule has 3 amide bonds. The Labute approximate surface area is 234 Å². The second kappa shape index (κ2) is 9.06. The highest BCUT2D eigenvalue weighted by molar-refractivity contribution is 6.25. The highest BCUT2D eigenvalue weighted by atomic mass is 16.6. The van der Waals surface area contributed by atoms with Crippen LogP contribution in [0.4, 0.5) is 11.4 Å². The number of anilines is 1. The molecule has 1 heterocycles. The zero-order valence-corrected chi connectivity index (χ0v) is 21.5. The van der Waals surface area contributed by atoms with E-state index >= 15 is 0 Å². The van der Waals surface area contributed by atoms with Crippen molar-refractivity contribution < 1.29 is 19.3 Å². The fraction of sp³-hybridized carbons (Fsp3) is 0.125. The normalized spacial score (nSPS) is 23.7. The van der Waals surface area contributed by atoms with Crippen LogP contribution in [0.1, 0.15) is 38.5 Å². The van der Waals surface area contributed by atoms with Crippen molar-refractivity contribution in [1.29, 1.82) is 0 Å². The molecule has 1 N–H and O–H groups in total. The number of benzene rings is 4. The predicted molar refractivity (Wildman–Crippen MR) is 150 cm³/mol. The van der Waals surface area contributed by atoms with Crippen molar-refractivity contribution in [3.63, 3.8) is 0 Å². The van der Waals surface area contributed by atoms with Crippen molar-refractivity contribution in [2.45, 2.75) is 11.3 Å². The fourth-order valence-corrected chi connectivity index (χ4v) is 6.90. The van der Waals surface area contributed by atoms with Gasteiger partial charge in [0.15, 0.2) is 0 Å². The zero-order chi connectivity index (χ0) is 28.3. The Morgan fingerprint density at radius 1 is 0.854 bits per heavy atom. The predicted octanol–water partition coefficient (Wildman–Crippen LogP) is 4.56. The number of hydrogen-bond donors (Lipinski definition) is 1. The first-order valence-electron chi connectivity index (χ1n) is 13.1. The van der Waals surface area contributed by atoms with E-state index < -0.39 is 28.1 Å². The molecular formula is C32H22N4O5. The van der Waals surface area contributed by atoms with Gasteiger partial charge in [0.05, 0.1) is 27.9 Å². The average Bonchev–Trinajstić information content (AvgIpc) is 3.28. The number of para-hydroxylation sites is 1. The molecule has 1 saturated heterocycles. The van der Waals surface area contributed by atoms with Crippen molar-refractivity contribution in [1.82, 2.24) is 5.43 Å². The van der Waals surface area contributed by atoms with E-state index in [-0.39, 0.29) is 29.0 Å². The van der Waals surface area contributed by atoms with Crippen molar-refractivity contribution >= 4 is 35.3 Å². The van der Waals surface area contributed by atoms with Gasteiger partial charge in [-0.2, -0.15) is 5.10 Å². The molecule has 9 nitrogen and oxygen atoms in total. The number of nitro benzene ring substituents is 1. The summed E-state index contributed by atoms with van der Waals surface area (Å²) in [6.07, 6.45) is 1.56. The number of amides is 3. The number of non-ortho nitro benzene ring substituents is 1. The van der Waals surface area contributed by atoms with E-state index in [1.54, 1.807) is 30.5 Å². The van der Waals surface area contributed by atoms with Crippen LogP contribution >= 0.6 is 0 Å². The highest BCUT2D eigenvalue weighted by Crippen LogP contribution is 2.63. The van der Waals surface area contributed by atoms with Crippen molar-refractivity contribution in [2.75, 3.05) is 4.90 Å². The number of rotatable bonds is 5. The molecule has 0 aromatic heterocycles. The van der Waals surface area contributed by atoms with Gasteiger partial charge in [-0.05, 0) is 40.5 Å². The van der Waals surface area contributed by atoms with Gasteiger partial charge >= 0.3 is 0 Å². The molecule has 1 fully saturated rings. The first kappa shape index (κ1) is 24.6. The summed E-state index contributed by atoms with van der Waals surface area (Å²) in [7, 11) is 0. The van der Waals surface area contributed by atoms with Gasteiger partial charge in [-0.15, -0.1) is 0 Å². The third-order valence-electron chi connectivity index (χ3n) is 8.45. The lowest BCUT2D eigenvalue weighted by molar-refractivity contribution is -0.384. The summed E-state index contributed by atoms with van der Waals surface area (Å²) >= 11 is 0. The zero-order valence-electron chi connectivity index (χ0n) is 21.5. The molecule has 41 heavy (non-hydrogen) atoms. The van der Waals surface area contributed by atoms with Gasteiger partial charge in [-0.1, -0.05) is 72.8 Å². The first-order chi connectivity index (χ1) is 19.9. The summed E-state index contributed by atoms with van der Waals surface area (Å²) in [4.78, 5) is 53.2. The van der Waals surface area contributed by atoms with E-state index in [1.165, 1.54) is 29.2 Å². The van der Waals surface area contributed by atoms with Gasteiger partial charge in [0.1, 0.15) is 0 Å². The number of carbonyl (C=O) groups excluding carboxylic acids is 3. The number of imide groups is 1. The van der Waals surface area contributed by atoms with Crippen molar-refractivity contribution in [2.24, 2.45) is 16.9 Å². The summed E-state index contributed by atoms with van der Waals surface area (Å²) in [5.74, 6) is -2.99. The van der Waals surface area contributed by atoms with Crippen LogP contribution < -0.4 is 10.3 Å². The number of nitro groups is 1. The van der Waals surface area contributed by atoms with E-state index in [0.717, 1.165) is 22.3 Å². The summed E-state index contributed by atoms with van der Waals surface area (Å²) in [6.45, 7) is 0. The smallest absolute Gasteiger partial charge is 0.271 e. The number of nitrogens with zero attached hydrogens (tertiary/aromatic N) is 3. The topological polar surface area (TPSA) is 122 Å². The lowest BCUT2D eigenvalue weighted by Gasteiger charge is -2.52. The van der Waals surface area contributed by atoms with Crippen LogP contribution in [0.2, 0.25) is 0 Å². The molecule has 0 radical (unpaired) electrons. The quantitative estimate of drug-likeness (QED) is 0.171. The Morgan fingerprint density at radius 2 is 1.49 bits per heavy atom. The van der Waals surface area contributed by atoms with E-state index in [9.17, 15) is 24.5 Å². The Kier molecular flexibility index (Phi) is 5.43. The second-order valence-corrected chi connectivity index (χ2v) is 10.4. The lowest BCUT2D eigenvalue weighted by Crippen LogP contribution is -2.54. The molecule has 4 aromatic rings. The standard InChI is InChI=1S/C32H22N4O5/c37-29(19-9-8-12-21(17-19)36(40)41)34-33-18-32-24-15-6-4-13-22(24)26(23-14-5-7-16-25(23)32)27-28(32)31(39)35(30(27)38)20-10-2-1-3-11-20/h1-18,26-28H,(H,34,37)/b33-18-/t26?,27-,28-,32?/m0/s1. The minimum absolute atomic E-state index is 0.0715. The molecule has 2 atom stereocenters. The number of hydrazone groups is 1. The van der Waals surface area contributed by atoms with Gasteiger partial charge in [0.25, 0.3) is 11.6 Å². The molecule has 4 aliphatic rings. The third-order valence-corrected chi connectivity index (χ3v) is 8.45. The van der Waals surface area contributed by atoms with E-state index in [4.69, 9.17) is 0 Å². The Balaban J connectivity index is 1.38. The monoisotopic (exact) mass is 542 g/mol. The molecule has 0 saturated carbocycles. The second-order valence-electron chi connectivity index (χ2n) is 10.4. The Bertz CT molecular complexity index is 1750. The Morgan fingerprint density at radius 3 is 2.15 bits per heavy atom. The van der Waals surface area contributed by atoms with Crippen LogP contribution in [0.25, 0.3) is 0 Å². The third kappa shape index (κ3) is 3.42. The molecule has 1 aliphatic heterocycles. The maximum absolute atomic E-state index is 14.3. The average molecular weight is 543 g/mol. The molecular weight excluding hydrogens is 520 g/mol. The van der Waals surface area contributed by atoms with Gasteiger partial charge in [-0.3, -0.25) is 24.5 Å². The summed E-state index contributed by atoms with van der Waals surface area (Å²) < 4.78 is 0. The molecule has 0 unspecified atom stereocenters. The number of carbonyl (C=O) groups is 3. The van der Waals surface area contributed by atoms with Crippen molar-refractivity contribution in [3.8, 4) is 0 Å². The maximum atomic E-state index is 14.3. The molecule has 3 aliphatic carbocycles. The van der Waals surface area contributed by atoms with Gasteiger partial charge in [0, 0.05) is 29.8 Å². The largest absolute Gasteiger partial charge is 0.274 e. The summed E-state index contributed by atoms with van der Waals surface area (Å²) in [6, 6.07) is 29.8. The first-order valence-corrected chi connectivity index (χ1v) is 13.1. The van der Waals surface area contributed by atoms with E-state index in [2.05, 4.69) is 10.5 Å². The van der Waals surface area contributed by atoms with Crippen LogP contribution in [0, 0.1) is 22.0 Å². The highest BCUT2D eigenvalue weighted by Gasteiger charge is 2.68. The minimum Gasteiger partial charge on any atom is -0.274 e. The summed E-state index contributed by atoms with van der Waals surface area (Å²) in [5.41, 5.74) is 5.32. The van der Waals surface area contributed by atoms with Gasteiger partial charge < -0.3 is 0 Å². The van der Waals surface area contributed by atoms with Crippen LogP contribution in [-0.2, 0) is 15.0 Å². The van der Waals surface area contributed by atoms with Crippen LogP contribution in [0.5, 0.6) is 0 Å². The Hall–Kier alpha value is -5.44. The van der Waals surface area contributed by atoms with Crippen molar-refractivity contribution in [3.05, 3.63) is 141 Å². The maximum Gasteiger partial charge on any atom is 0.271 e. The molecule has 4 aromatic carbocycles. The van der Waals surface area contributed by atoms with Crippen LogP contribution in [0.3, 0.4) is 0 Å². The lowest BCUT2D eigenvalue weighted by atomic mass is 9.47. The van der Waals surface area contributed by atoms with Crippen LogP contribution in [0.15, 0.2) is 108 Å². The SMILES string of the molecule is O=C(N/N=C\C12c3ccccc3C(c3ccccc31)[C@@H]1C(=O)N(c3ccccc3)C(=O)[C@H]12)c1cccc([N+](=O)[O-])c1. The molecule has 9 heteroatoms. The van der Waals surface area contributed by atoms with Gasteiger partial charge in [-0.25, -0.2) is 10.3 Å². The fourth-order valence-electron chi connectivity index (χ4n) is 6.90. The molecule has 200 valence electrons. The number of hydrogen-bond acceptors (Lipinski definition) is 6. The van der Waals surface area contributed by atoms with E-state index in [0.29, 0.717) is 5.69 Å². The van der Waals surface area contributed by atoms with Crippen LogP contribution in [-0.4, -0.2) is 28.9 Å². The number of nitrogens with one attached hydrogen (secondary N) is 1. The molecule has 0 spiro atoms. The van der Waals surface area contributed by atoms with E-state index in [1.807, 2.05) is 54.6 Å². The minimum atomic E-state index is -1.14. The molecule has 8 rings (SSSR count). The molecule has 2 bridgehead atoms. The van der Waals surface area contributed by atoms with Gasteiger partial charge in [0.2, 0.25) is 11.8 Å².